The van der Waals surface area contributed by atoms with Crippen molar-refractivity contribution in [3.8, 4) is 0 Å². The average molecular weight is 462 g/mol. The number of nitrogens with zero attached hydrogens (tertiary/aromatic N) is 4. The highest BCUT2D eigenvalue weighted by Crippen LogP contribution is 2.27. The molecule has 3 aromatic rings. The highest BCUT2D eigenvalue weighted by Gasteiger charge is 2.35. The van der Waals surface area contributed by atoms with E-state index in [0.29, 0.717) is 38.3 Å². The van der Waals surface area contributed by atoms with Crippen LogP contribution in [0.5, 0.6) is 0 Å². The van der Waals surface area contributed by atoms with Gasteiger partial charge in [-0.2, -0.15) is 5.10 Å². The fourth-order valence-electron chi connectivity index (χ4n) is 4.78. The SMILES string of the molecule is Cn1nc(C(=O)N2CCCC(C(=O)Nc3ccccc3)C2)c2c1CCN(C(=O)c1ccco1)C2. The molecule has 1 N–H and O–H groups in total. The van der Waals surface area contributed by atoms with Crippen LogP contribution in [0.4, 0.5) is 5.69 Å². The molecular formula is C25H27N5O4. The molecule has 176 valence electrons. The molecule has 0 spiro atoms. The van der Waals surface area contributed by atoms with E-state index in [2.05, 4.69) is 10.4 Å². The number of fused-ring (bicyclic) bond motifs is 1. The lowest BCUT2D eigenvalue weighted by molar-refractivity contribution is -0.121. The van der Waals surface area contributed by atoms with Crippen molar-refractivity contribution in [2.75, 3.05) is 25.0 Å². The standard InChI is InChI=1S/C25H27N5O4/c1-28-20-11-13-30(24(32)21-10-6-14-34-21)16-19(20)22(27-28)25(33)29-12-5-7-17(15-29)23(31)26-18-8-3-2-4-9-18/h2-4,6,8-10,14,17H,5,7,11-13,15-16H2,1H3,(H,26,31). The van der Waals surface area contributed by atoms with Crippen LogP contribution in [-0.4, -0.2) is 56.9 Å². The van der Waals surface area contributed by atoms with E-state index < -0.39 is 0 Å². The number of carbonyl (C=O) groups excluding carboxylic acids is 3. The third kappa shape index (κ3) is 4.21. The minimum absolute atomic E-state index is 0.0815. The van der Waals surface area contributed by atoms with Crippen molar-refractivity contribution < 1.29 is 18.8 Å². The first-order valence-corrected chi connectivity index (χ1v) is 11.5. The van der Waals surface area contributed by atoms with E-state index in [1.165, 1.54) is 6.26 Å². The van der Waals surface area contributed by atoms with Crippen molar-refractivity contribution in [1.29, 1.82) is 0 Å². The summed E-state index contributed by atoms with van der Waals surface area (Å²) in [5.41, 5.74) is 2.84. The maximum Gasteiger partial charge on any atom is 0.289 e. The van der Waals surface area contributed by atoms with Crippen LogP contribution in [0.3, 0.4) is 0 Å². The number of benzene rings is 1. The third-order valence-corrected chi connectivity index (χ3v) is 6.58. The summed E-state index contributed by atoms with van der Waals surface area (Å²) in [7, 11) is 1.83. The second-order valence-electron chi connectivity index (χ2n) is 8.80. The van der Waals surface area contributed by atoms with Crippen LogP contribution < -0.4 is 5.32 Å². The number of furan rings is 1. The summed E-state index contributed by atoms with van der Waals surface area (Å²) >= 11 is 0. The molecular weight excluding hydrogens is 434 g/mol. The second kappa shape index (κ2) is 9.17. The molecule has 1 saturated heterocycles. The lowest BCUT2D eigenvalue weighted by Crippen LogP contribution is -2.44. The van der Waals surface area contributed by atoms with Gasteiger partial charge in [-0.3, -0.25) is 19.1 Å². The Balaban J connectivity index is 1.31. The monoisotopic (exact) mass is 461 g/mol. The van der Waals surface area contributed by atoms with Gasteiger partial charge in [-0.15, -0.1) is 0 Å². The maximum atomic E-state index is 13.5. The molecule has 0 radical (unpaired) electrons. The largest absolute Gasteiger partial charge is 0.459 e. The number of anilines is 1. The van der Waals surface area contributed by atoms with Crippen molar-refractivity contribution in [2.45, 2.75) is 25.8 Å². The molecule has 9 nitrogen and oxygen atoms in total. The Bertz CT molecular complexity index is 1200. The zero-order chi connectivity index (χ0) is 23.7. The number of piperidine rings is 1. The summed E-state index contributed by atoms with van der Waals surface area (Å²) in [6.45, 7) is 1.76. The molecule has 9 heteroatoms. The number of aromatic nitrogens is 2. The molecule has 5 rings (SSSR count). The van der Waals surface area contributed by atoms with E-state index in [-0.39, 0.29) is 29.4 Å². The van der Waals surface area contributed by atoms with E-state index in [1.54, 1.807) is 26.6 Å². The molecule has 1 unspecified atom stereocenters. The first kappa shape index (κ1) is 21.9. The quantitative estimate of drug-likeness (QED) is 0.644. The fourth-order valence-corrected chi connectivity index (χ4v) is 4.78. The van der Waals surface area contributed by atoms with Crippen LogP contribution in [0, 0.1) is 5.92 Å². The maximum absolute atomic E-state index is 13.5. The van der Waals surface area contributed by atoms with Crippen LogP contribution in [0.15, 0.2) is 53.1 Å². The molecule has 1 fully saturated rings. The van der Waals surface area contributed by atoms with E-state index in [0.717, 1.165) is 29.8 Å². The Morgan fingerprint density at radius 3 is 2.62 bits per heavy atom. The third-order valence-electron chi connectivity index (χ3n) is 6.58. The molecule has 34 heavy (non-hydrogen) atoms. The van der Waals surface area contributed by atoms with E-state index in [1.807, 2.05) is 37.4 Å². The van der Waals surface area contributed by atoms with Crippen molar-refractivity contribution >= 4 is 23.4 Å². The first-order valence-electron chi connectivity index (χ1n) is 11.5. The normalized spacial score (nSPS) is 17.9. The smallest absolute Gasteiger partial charge is 0.289 e. The lowest BCUT2D eigenvalue weighted by Gasteiger charge is -2.32. The van der Waals surface area contributed by atoms with Gasteiger partial charge in [0.05, 0.1) is 18.7 Å². The molecule has 2 aliphatic heterocycles. The lowest BCUT2D eigenvalue weighted by atomic mass is 9.96. The van der Waals surface area contributed by atoms with Gasteiger partial charge in [0, 0.05) is 50.0 Å². The Morgan fingerprint density at radius 1 is 1.03 bits per heavy atom. The zero-order valence-corrected chi connectivity index (χ0v) is 19.1. The fraction of sp³-hybridized carbons (Fsp3) is 0.360. The van der Waals surface area contributed by atoms with Crippen molar-refractivity contribution in [3.63, 3.8) is 0 Å². The van der Waals surface area contributed by atoms with Crippen LogP contribution in [0.1, 0.15) is 45.1 Å². The van der Waals surface area contributed by atoms with Crippen molar-refractivity contribution in [2.24, 2.45) is 13.0 Å². The highest BCUT2D eigenvalue weighted by atomic mass is 16.3. The van der Waals surface area contributed by atoms with Crippen molar-refractivity contribution in [1.82, 2.24) is 19.6 Å². The Labute approximate surface area is 197 Å². The van der Waals surface area contributed by atoms with Crippen LogP contribution in [0.25, 0.3) is 0 Å². The molecule has 2 aromatic heterocycles. The zero-order valence-electron chi connectivity index (χ0n) is 19.1. The number of aryl methyl sites for hydroxylation is 1. The molecule has 3 amide bonds. The summed E-state index contributed by atoms with van der Waals surface area (Å²) < 4.78 is 7.00. The Kier molecular flexibility index (Phi) is 5.91. The van der Waals surface area contributed by atoms with Crippen LogP contribution in [-0.2, 0) is 24.8 Å². The summed E-state index contributed by atoms with van der Waals surface area (Å²) in [4.78, 5) is 42.5. The summed E-state index contributed by atoms with van der Waals surface area (Å²) in [5, 5.41) is 7.47. The van der Waals surface area contributed by atoms with Gasteiger partial charge in [0.25, 0.3) is 11.8 Å². The first-order chi connectivity index (χ1) is 16.5. The topological polar surface area (TPSA) is 101 Å². The van der Waals surface area contributed by atoms with E-state index in [4.69, 9.17) is 4.42 Å². The number of amides is 3. The van der Waals surface area contributed by atoms with Gasteiger partial charge < -0.3 is 19.5 Å². The molecule has 1 atom stereocenters. The Morgan fingerprint density at radius 2 is 1.85 bits per heavy atom. The number of likely N-dealkylation sites (tertiary alicyclic amines) is 1. The van der Waals surface area contributed by atoms with Crippen molar-refractivity contribution in [3.05, 3.63) is 71.4 Å². The van der Waals surface area contributed by atoms with Gasteiger partial charge in [-0.05, 0) is 37.1 Å². The van der Waals surface area contributed by atoms with E-state index in [9.17, 15) is 14.4 Å². The van der Waals surface area contributed by atoms with Gasteiger partial charge in [0.2, 0.25) is 5.91 Å². The number of hydrogen-bond donors (Lipinski definition) is 1. The number of carbonyl (C=O) groups is 3. The van der Waals surface area contributed by atoms with Gasteiger partial charge in [-0.1, -0.05) is 18.2 Å². The number of rotatable bonds is 4. The second-order valence-corrected chi connectivity index (χ2v) is 8.80. The average Bonchev–Trinajstić information content (AvgIpc) is 3.52. The molecule has 4 heterocycles. The summed E-state index contributed by atoms with van der Waals surface area (Å²) in [6.07, 6.45) is 3.56. The molecule has 1 aromatic carbocycles. The minimum Gasteiger partial charge on any atom is -0.459 e. The highest BCUT2D eigenvalue weighted by molar-refractivity contribution is 5.97. The van der Waals surface area contributed by atoms with Crippen LogP contribution in [0.2, 0.25) is 0 Å². The predicted octanol–water partition coefficient (Wildman–Crippen LogP) is 2.70. The van der Waals surface area contributed by atoms with Crippen LogP contribution >= 0.6 is 0 Å². The van der Waals surface area contributed by atoms with Gasteiger partial charge in [0.15, 0.2) is 11.5 Å². The summed E-state index contributed by atoms with van der Waals surface area (Å²) in [5.74, 6) is -0.477. The molecule has 0 aliphatic carbocycles. The molecule has 0 saturated carbocycles. The minimum atomic E-state index is -0.283. The number of para-hydroxylation sites is 1. The molecule has 2 aliphatic rings. The van der Waals surface area contributed by atoms with Gasteiger partial charge in [-0.25, -0.2) is 0 Å². The van der Waals surface area contributed by atoms with Gasteiger partial charge >= 0.3 is 0 Å². The van der Waals surface area contributed by atoms with E-state index >= 15 is 0 Å². The number of nitrogens with one attached hydrogen (secondary N) is 1. The van der Waals surface area contributed by atoms with Gasteiger partial charge in [0.1, 0.15) is 0 Å². The Hall–Kier alpha value is -3.88. The summed E-state index contributed by atoms with van der Waals surface area (Å²) in [6, 6.07) is 12.7. The molecule has 0 bridgehead atoms. The predicted molar refractivity (Wildman–Crippen MR) is 124 cm³/mol. The number of hydrogen-bond acceptors (Lipinski definition) is 5.